The topological polar surface area (TPSA) is 149 Å². The first-order chi connectivity index (χ1) is 32.8. The Bertz CT molecular complexity index is 1280. The number of allylic oxidation sites excluding steroid dienone is 11. The molecule has 1 rings (SSSR count). The highest BCUT2D eigenvalue weighted by molar-refractivity contribution is 5.76. The third-order valence-corrected chi connectivity index (χ3v) is 12.7. The van der Waals surface area contributed by atoms with Gasteiger partial charge >= 0.3 is 0 Å². The molecule has 67 heavy (non-hydrogen) atoms. The van der Waals surface area contributed by atoms with Gasteiger partial charge in [0.15, 0.2) is 6.29 Å². The fourth-order valence-electron chi connectivity index (χ4n) is 8.38. The van der Waals surface area contributed by atoms with Crippen molar-refractivity contribution in [3.8, 4) is 0 Å². The van der Waals surface area contributed by atoms with Crippen molar-refractivity contribution in [1.29, 1.82) is 0 Å². The molecule has 0 bridgehead atoms. The van der Waals surface area contributed by atoms with Crippen molar-refractivity contribution < 1.29 is 39.8 Å². The van der Waals surface area contributed by atoms with Crippen molar-refractivity contribution >= 4 is 5.91 Å². The van der Waals surface area contributed by atoms with Gasteiger partial charge in [-0.1, -0.05) is 222 Å². The molecule has 0 aromatic rings. The van der Waals surface area contributed by atoms with Crippen LogP contribution in [0.5, 0.6) is 0 Å². The van der Waals surface area contributed by atoms with E-state index in [-0.39, 0.29) is 12.5 Å². The highest BCUT2D eigenvalue weighted by atomic mass is 16.7. The second-order valence-corrected chi connectivity index (χ2v) is 19.0. The zero-order valence-corrected chi connectivity index (χ0v) is 42.9. The van der Waals surface area contributed by atoms with E-state index in [0.29, 0.717) is 6.42 Å². The van der Waals surface area contributed by atoms with Gasteiger partial charge in [-0.15, -0.1) is 0 Å². The van der Waals surface area contributed by atoms with Crippen molar-refractivity contribution in [2.24, 2.45) is 0 Å². The van der Waals surface area contributed by atoms with Gasteiger partial charge in [0.05, 0.1) is 25.4 Å². The van der Waals surface area contributed by atoms with Crippen LogP contribution in [0.4, 0.5) is 0 Å². The number of hydrogen-bond acceptors (Lipinski definition) is 8. The third kappa shape index (κ3) is 37.2. The summed E-state index contributed by atoms with van der Waals surface area (Å²) in [5, 5.41) is 54.4. The number of carbonyl (C=O) groups is 1. The van der Waals surface area contributed by atoms with Crippen molar-refractivity contribution in [3.05, 3.63) is 72.9 Å². The quantitative estimate of drug-likeness (QED) is 0.0261. The van der Waals surface area contributed by atoms with Crippen molar-refractivity contribution in [2.75, 3.05) is 13.2 Å². The molecule has 6 N–H and O–H groups in total. The van der Waals surface area contributed by atoms with E-state index in [9.17, 15) is 30.3 Å². The Morgan fingerprint density at radius 2 is 0.940 bits per heavy atom. The van der Waals surface area contributed by atoms with Crippen LogP contribution >= 0.6 is 0 Å². The van der Waals surface area contributed by atoms with E-state index >= 15 is 0 Å². The number of aliphatic hydroxyl groups excluding tert-OH is 5. The molecule has 0 radical (unpaired) electrons. The average Bonchev–Trinajstić information content (AvgIpc) is 3.33. The lowest BCUT2D eigenvalue weighted by Crippen LogP contribution is -2.60. The molecule has 0 saturated carbocycles. The second kappa shape index (κ2) is 47.3. The molecule has 0 aromatic heterocycles. The van der Waals surface area contributed by atoms with Crippen LogP contribution in [0.15, 0.2) is 72.9 Å². The van der Waals surface area contributed by atoms with Crippen molar-refractivity contribution in [1.82, 2.24) is 5.32 Å². The molecule has 1 saturated heterocycles. The minimum Gasteiger partial charge on any atom is -0.394 e. The summed E-state index contributed by atoms with van der Waals surface area (Å²) in [6.07, 6.45) is 58.3. The lowest BCUT2D eigenvalue weighted by atomic mass is 9.99. The van der Waals surface area contributed by atoms with Gasteiger partial charge in [0.25, 0.3) is 0 Å². The normalized spacial score (nSPS) is 20.3. The Kier molecular flexibility index (Phi) is 44.2. The zero-order valence-electron chi connectivity index (χ0n) is 42.9. The predicted molar refractivity (Wildman–Crippen MR) is 281 cm³/mol. The van der Waals surface area contributed by atoms with Crippen LogP contribution in [-0.2, 0) is 14.3 Å². The van der Waals surface area contributed by atoms with Gasteiger partial charge in [0.2, 0.25) is 5.91 Å². The number of unbranched alkanes of at least 4 members (excludes halogenated alkanes) is 26. The molecule has 9 heteroatoms. The van der Waals surface area contributed by atoms with E-state index in [2.05, 4.69) is 79.9 Å². The van der Waals surface area contributed by atoms with E-state index in [0.717, 1.165) is 77.0 Å². The molecule has 0 aromatic carbocycles. The first kappa shape index (κ1) is 62.6. The molecule has 1 amide bonds. The minimum atomic E-state index is -1.58. The van der Waals surface area contributed by atoms with E-state index in [1.165, 1.54) is 135 Å². The SMILES string of the molecule is CC/C=C\C/C=C\C/C=C\CCCCCCCCCC(=O)NC(COC1OC(CO)C(O)C(O)C1O)C(O)/C=C/CC/C=C/CC/C=C/CCCCCCCCCCCCCCCCCCC. The predicted octanol–water partition coefficient (Wildman–Crippen LogP) is 13.3. The van der Waals surface area contributed by atoms with Gasteiger partial charge in [0, 0.05) is 6.42 Å². The average molecular weight is 942 g/mol. The van der Waals surface area contributed by atoms with Crippen LogP contribution in [0.3, 0.4) is 0 Å². The molecule has 0 spiro atoms. The summed E-state index contributed by atoms with van der Waals surface area (Å²) in [7, 11) is 0. The summed E-state index contributed by atoms with van der Waals surface area (Å²) >= 11 is 0. The van der Waals surface area contributed by atoms with E-state index in [1.54, 1.807) is 6.08 Å². The molecule has 0 aliphatic carbocycles. The number of hydrogen-bond donors (Lipinski definition) is 6. The van der Waals surface area contributed by atoms with Crippen molar-refractivity contribution in [2.45, 2.75) is 275 Å². The minimum absolute atomic E-state index is 0.203. The van der Waals surface area contributed by atoms with Crippen LogP contribution in [0.2, 0.25) is 0 Å². The summed E-state index contributed by atoms with van der Waals surface area (Å²) in [4.78, 5) is 13.0. The zero-order chi connectivity index (χ0) is 48.7. The monoisotopic (exact) mass is 942 g/mol. The molecule has 1 fully saturated rings. The van der Waals surface area contributed by atoms with Crippen LogP contribution in [0, 0.1) is 0 Å². The highest BCUT2D eigenvalue weighted by Gasteiger charge is 2.44. The van der Waals surface area contributed by atoms with Crippen LogP contribution in [-0.4, -0.2) is 87.5 Å². The maximum Gasteiger partial charge on any atom is 0.220 e. The molecule has 1 heterocycles. The summed E-state index contributed by atoms with van der Waals surface area (Å²) in [6, 6.07) is -0.837. The molecular formula is C58H103NO8. The molecule has 7 atom stereocenters. The first-order valence-electron chi connectivity index (χ1n) is 27.7. The Morgan fingerprint density at radius 3 is 1.43 bits per heavy atom. The molecule has 7 unspecified atom stereocenters. The lowest BCUT2D eigenvalue weighted by Gasteiger charge is -2.40. The molecule has 388 valence electrons. The molecular weight excluding hydrogens is 839 g/mol. The van der Waals surface area contributed by atoms with Gasteiger partial charge in [-0.2, -0.15) is 0 Å². The smallest absolute Gasteiger partial charge is 0.220 e. The third-order valence-electron chi connectivity index (χ3n) is 12.7. The fraction of sp³-hybridized carbons (Fsp3) is 0.776. The van der Waals surface area contributed by atoms with Gasteiger partial charge < -0.3 is 40.3 Å². The van der Waals surface area contributed by atoms with Crippen LogP contribution < -0.4 is 5.32 Å². The maximum atomic E-state index is 13.0. The molecule has 1 aliphatic rings. The Hall–Kier alpha value is -2.37. The van der Waals surface area contributed by atoms with Gasteiger partial charge in [0.1, 0.15) is 24.4 Å². The van der Waals surface area contributed by atoms with Gasteiger partial charge in [-0.25, -0.2) is 0 Å². The number of rotatable bonds is 46. The molecule has 1 aliphatic heterocycles. The lowest BCUT2D eigenvalue weighted by molar-refractivity contribution is -0.302. The summed E-state index contributed by atoms with van der Waals surface area (Å²) in [5.41, 5.74) is 0. The van der Waals surface area contributed by atoms with Gasteiger partial charge in [-0.05, 0) is 77.0 Å². The van der Waals surface area contributed by atoms with Crippen LogP contribution in [0.1, 0.15) is 232 Å². The highest BCUT2D eigenvalue weighted by Crippen LogP contribution is 2.23. The number of ether oxygens (including phenoxy) is 2. The van der Waals surface area contributed by atoms with E-state index in [1.807, 2.05) is 6.08 Å². The number of aliphatic hydroxyl groups is 5. The van der Waals surface area contributed by atoms with Crippen molar-refractivity contribution in [3.63, 3.8) is 0 Å². The second-order valence-electron chi connectivity index (χ2n) is 19.0. The Morgan fingerprint density at radius 1 is 0.522 bits per heavy atom. The van der Waals surface area contributed by atoms with Gasteiger partial charge in [-0.3, -0.25) is 4.79 Å². The standard InChI is InChI=1S/C58H103NO8/c1-3-5-7-9-11-13-15-17-19-21-22-23-24-25-26-27-28-29-30-32-33-35-37-39-41-43-45-47-52(61)51(50-66-58-57(65)56(64)55(63)53(49-60)67-58)59-54(62)48-46-44-42-40-38-36-34-31-20-18-16-14-12-10-8-6-4-2/h6,8,12,14,18,20,30,32,37,39,45,47,51-53,55-58,60-61,63-65H,3-5,7,9-11,13,15-17,19,21-29,31,33-36,38,40-44,46,48-50H2,1-2H3,(H,59,62)/b8-6-,14-12-,20-18-,32-30+,39-37+,47-45+. The number of amides is 1. The van der Waals surface area contributed by atoms with E-state index < -0.39 is 49.5 Å². The fourth-order valence-corrected chi connectivity index (χ4v) is 8.38. The number of carbonyl (C=O) groups excluding carboxylic acids is 1. The Labute approximate surface area is 410 Å². The van der Waals surface area contributed by atoms with E-state index in [4.69, 9.17) is 9.47 Å². The Balaban J connectivity index is 2.28. The largest absolute Gasteiger partial charge is 0.394 e. The van der Waals surface area contributed by atoms with Crippen LogP contribution in [0.25, 0.3) is 0 Å². The summed E-state index contributed by atoms with van der Waals surface area (Å²) < 4.78 is 11.2. The summed E-state index contributed by atoms with van der Waals surface area (Å²) in [6.45, 7) is 3.65. The number of nitrogens with one attached hydrogen (secondary N) is 1. The first-order valence-corrected chi connectivity index (χ1v) is 27.7. The summed E-state index contributed by atoms with van der Waals surface area (Å²) in [5.74, 6) is -0.203. The molecule has 9 nitrogen and oxygen atoms in total. The maximum absolute atomic E-state index is 13.0.